The summed E-state index contributed by atoms with van der Waals surface area (Å²) in [6, 6.07) is 15.6. The number of nitrogens with zero attached hydrogens (tertiary/aromatic N) is 1. The molecule has 0 bridgehead atoms. The fraction of sp³-hybridized carbons (Fsp3) is 0.238. The Kier molecular flexibility index (Phi) is 5.36. The number of hydrogen-bond acceptors (Lipinski definition) is 5. The number of aromatic amines is 1. The highest BCUT2D eigenvalue weighted by Gasteiger charge is 2.30. The number of hydrazone groups is 1. The van der Waals surface area contributed by atoms with Crippen molar-refractivity contribution in [1.29, 1.82) is 0 Å². The van der Waals surface area contributed by atoms with Gasteiger partial charge in [0.25, 0.3) is 5.91 Å². The number of benzene rings is 2. The molecule has 7 heteroatoms. The molecule has 4 N–H and O–H groups in total. The number of carbonyl (C=O) groups excluding carboxylic acids is 1. The molecule has 4 rings (SSSR count). The van der Waals surface area contributed by atoms with Gasteiger partial charge in [0.1, 0.15) is 11.8 Å². The van der Waals surface area contributed by atoms with Crippen LogP contribution in [0.2, 0.25) is 0 Å². The molecule has 0 saturated carbocycles. The van der Waals surface area contributed by atoms with Crippen LogP contribution in [0, 0.1) is 0 Å². The number of fused-ring (bicyclic) bond motifs is 1. The van der Waals surface area contributed by atoms with Crippen molar-refractivity contribution in [2.75, 3.05) is 6.61 Å². The van der Waals surface area contributed by atoms with Crippen LogP contribution in [-0.2, 0) is 4.79 Å². The van der Waals surface area contributed by atoms with Gasteiger partial charge in [-0.2, -0.15) is 5.10 Å². The van der Waals surface area contributed by atoms with E-state index in [2.05, 4.69) is 26.4 Å². The zero-order valence-electron chi connectivity index (χ0n) is 15.6. The molecule has 1 aliphatic rings. The fourth-order valence-electron chi connectivity index (χ4n) is 3.35. The second kappa shape index (κ2) is 8.24. The molecule has 2 unspecified atom stereocenters. The van der Waals surface area contributed by atoms with Crippen molar-refractivity contribution in [3.8, 4) is 5.75 Å². The molecule has 2 aromatic carbocycles. The van der Waals surface area contributed by atoms with Crippen molar-refractivity contribution in [3.05, 3.63) is 65.9 Å². The molecule has 1 aromatic heterocycles. The summed E-state index contributed by atoms with van der Waals surface area (Å²) in [4.78, 5) is 15.6. The maximum Gasteiger partial charge on any atom is 0.258 e. The van der Waals surface area contributed by atoms with Crippen LogP contribution in [0.3, 0.4) is 0 Å². The fourth-order valence-corrected chi connectivity index (χ4v) is 3.35. The Hall–Kier alpha value is -3.16. The number of para-hydroxylation sites is 1. The Morgan fingerprint density at radius 1 is 1.21 bits per heavy atom. The summed E-state index contributed by atoms with van der Waals surface area (Å²) in [6.07, 6.45) is 4.17. The number of aromatic nitrogens is 1. The van der Waals surface area contributed by atoms with Gasteiger partial charge in [0, 0.05) is 28.7 Å². The smallest absolute Gasteiger partial charge is 0.258 e. The predicted molar refractivity (Wildman–Crippen MR) is 109 cm³/mol. The second-order valence-corrected chi connectivity index (χ2v) is 6.66. The van der Waals surface area contributed by atoms with Gasteiger partial charge in [0.15, 0.2) is 0 Å². The first-order valence-electron chi connectivity index (χ1n) is 9.37. The van der Waals surface area contributed by atoms with Crippen LogP contribution in [0.15, 0.2) is 59.8 Å². The molecule has 0 aliphatic carbocycles. The van der Waals surface area contributed by atoms with E-state index in [1.54, 1.807) is 6.21 Å². The minimum absolute atomic E-state index is 0.0593. The SMILES string of the molecule is CCOc1ccc(C2CC(C(=O)N/N=C/c3c[nH]c4ccccc34)NN2)cc1. The summed E-state index contributed by atoms with van der Waals surface area (Å²) in [5, 5.41) is 5.18. The van der Waals surface area contributed by atoms with Crippen LogP contribution in [0.25, 0.3) is 10.9 Å². The zero-order chi connectivity index (χ0) is 19.3. The van der Waals surface area contributed by atoms with Crippen LogP contribution in [0.5, 0.6) is 5.75 Å². The molecule has 1 aliphatic heterocycles. The third-order valence-electron chi connectivity index (χ3n) is 4.81. The van der Waals surface area contributed by atoms with Gasteiger partial charge in [-0.1, -0.05) is 30.3 Å². The maximum atomic E-state index is 12.4. The first-order chi connectivity index (χ1) is 13.7. The average Bonchev–Trinajstić information content (AvgIpc) is 3.37. The number of hydrogen-bond donors (Lipinski definition) is 4. The molecule has 3 aromatic rings. The van der Waals surface area contributed by atoms with Crippen LogP contribution in [0.4, 0.5) is 0 Å². The minimum atomic E-state index is -0.350. The lowest BCUT2D eigenvalue weighted by atomic mass is 10.0. The predicted octanol–water partition coefficient (Wildman–Crippen LogP) is 2.62. The molecule has 28 heavy (non-hydrogen) atoms. The topological polar surface area (TPSA) is 90.5 Å². The van der Waals surface area contributed by atoms with Crippen LogP contribution >= 0.6 is 0 Å². The summed E-state index contributed by atoms with van der Waals surface area (Å²) >= 11 is 0. The highest BCUT2D eigenvalue weighted by molar-refractivity contribution is 5.99. The molecule has 1 saturated heterocycles. The van der Waals surface area contributed by atoms with Crippen molar-refractivity contribution in [3.63, 3.8) is 0 Å². The van der Waals surface area contributed by atoms with E-state index in [-0.39, 0.29) is 18.0 Å². The maximum absolute atomic E-state index is 12.4. The second-order valence-electron chi connectivity index (χ2n) is 6.66. The average molecular weight is 377 g/mol. The number of rotatable bonds is 6. The van der Waals surface area contributed by atoms with Gasteiger partial charge in [0.05, 0.1) is 12.8 Å². The van der Waals surface area contributed by atoms with E-state index in [4.69, 9.17) is 4.74 Å². The third kappa shape index (κ3) is 3.90. The highest BCUT2D eigenvalue weighted by Crippen LogP contribution is 2.24. The Balaban J connectivity index is 1.33. The van der Waals surface area contributed by atoms with Gasteiger partial charge in [0.2, 0.25) is 0 Å². The lowest BCUT2D eigenvalue weighted by molar-refractivity contribution is -0.122. The first-order valence-corrected chi connectivity index (χ1v) is 9.37. The van der Waals surface area contributed by atoms with E-state index in [9.17, 15) is 4.79 Å². The number of hydrazine groups is 1. The minimum Gasteiger partial charge on any atom is -0.494 e. The summed E-state index contributed by atoms with van der Waals surface area (Å²) in [6.45, 7) is 2.60. The highest BCUT2D eigenvalue weighted by atomic mass is 16.5. The Morgan fingerprint density at radius 3 is 2.86 bits per heavy atom. The van der Waals surface area contributed by atoms with E-state index in [0.717, 1.165) is 27.8 Å². The number of nitrogens with one attached hydrogen (secondary N) is 4. The summed E-state index contributed by atoms with van der Waals surface area (Å²) in [5.74, 6) is 0.676. The van der Waals surface area contributed by atoms with Gasteiger partial charge in [-0.05, 0) is 37.1 Å². The molecular formula is C21H23N5O2. The third-order valence-corrected chi connectivity index (χ3v) is 4.81. The molecule has 0 spiro atoms. The Labute approximate surface area is 163 Å². The molecule has 2 atom stereocenters. The Morgan fingerprint density at radius 2 is 2.04 bits per heavy atom. The van der Waals surface area contributed by atoms with Crippen LogP contribution < -0.4 is 21.0 Å². The standard InChI is InChI=1S/C21H23N5O2/c1-2-28-16-9-7-14(8-10-16)19-11-20(25-24-19)21(27)26-23-13-15-12-22-18-6-4-3-5-17(15)18/h3-10,12-13,19-20,22,24-25H,2,11H2,1H3,(H,26,27)/b23-13+. The van der Waals surface area contributed by atoms with Crippen molar-refractivity contribution in [2.24, 2.45) is 5.10 Å². The summed E-state index contributed by atoms with van der Waals surface area (Å²) in [7, 11) is 0. The molecule has 7 nitrogen and oxygen atoms in total. The van der Waals surface area contributed by atoms with Gasteiger partial charge >= 0.3 is 0 Å². The molecular weight excluding hydrogens is 354 g/mol. The lowest BCUT2D eigenvalue weighted by Gasteiger charge is -2.10. The normalized spacial score (nSPS) is 19.3. The van der Waals surface area contributed by atoms with Crippen molar-refractivity contribution >= 4 is 23.0 Å². The number of H-pyrrole nitrogens is 1. The molecule has 0 radical (unpaired) electrons. The van der Waals surface area contributed by atoms with Crippen molar-refractivity contribution in [1.82, 2.24) is 21.3 Å². The number of ether oxygens (including phenoxy) is 1. The van der Waals surface area contributed by atoms with Crippen LogP contribution in [0.1, 0.15) is 30.5 Å². The van der Waals surface area contributed by atoms with Crippen LogP contribution in [-0.4, -0.2) is 29.8 Å². The molecule has 144 valence electrons. The quantitative estimate of drug-likeness (QED) is 0.393. The number of amides is 1. The zero-order valence-corrected chi connectivity index (χ0v) is 15.6. The van der Waals surface area contributed by atoms with Gasteiger partial charge in [-0.25, -0.2) is 16.3 Å². The van der Waals surface area contributed by atoms with E-state index >= 15 is 0 Å². The van der Waals surface area contributed by atoms with E-state index in [1.807, 2.05) is 61.7 Å². The number of carbonyl (C=O) groups is 1. The van der Waals surface area contributed by atoms with Crippen molar-refractivity contribution in [2.45, 2.75) is 25.4 Å². The Bertz CT molecular complexity index is 980. The van der Waals surface area contributed by atoms with E-state index in [0.29, 0.717) is 13.0 Å². The van der Waals surface area contributed by atoms with Gasteiger partial charge in [-0.3, -0.25) is 4.79 Å². The molecule has 2 heterocycles. The van der Waals surface area contributed by atoms with E-state index < -0.39 is 0 Å². The molecule has 1 amide bonds. The lowest BCUT2D eigenvalue weighted by Crippen LogP contribution is -2.41. The first kappa shape index (κ1) is 18.2. The summed E-state index contributed by atoms with van der Waals surface area (Å²) in [5.41, 5.74) is 11.9. The van der Waals surface area contributed by atoms with Gasteiger partial charge < -0.3 is 9.72 Å². The summed E-state index contributed by atoms with van der Waals surface area (Å²) < 4.78 is 5.47. The van der Waals surface area contributed by atoms with Gasteiger partial charge in [-0.15, -0.1) is 0 Å². The monoisotopic (exact) mass is 377 g/mol. The van der Waals surface area contributed by atoms with Crippen molar-refractivity contribution < 1.29 is 9.53 Å². The molecule has 1 fully saturated rings. The largest absolute Gasteiger partial charge is 0.494 e. The van der Waals surface area contributed by atoms with E-state index in [1.165, 1.54) is 0 Å².